The average molecular weight is 1080 g/mol. The van der Waals surface area contributed by atoms with Crippen molar-refractivity contribution in [3.05, 3.63) is 60.8 Å². The molecule has 0 heterocycles. The highest BCUT2D eigenvalue weighted by atomic mass is 16.6. The molecule has 0 saturated carbocycles. The van der Waals surface area contributed by atoms with Crippen molar-refractivity contribution in [1.82, 2.24) is 0 Å². The summed E-state index contributed by atoms with van der Waals surface area (Å²) in [4.78, 5) is 38.2. The lowest BCUT2D eigenvalue weighted by atomic mass is 10.0. The minimum absolute atomic E-state index is 0.0767. The van der Waals surface area contributed by atoms with E-state index in [9.17, 15) is 14.4 Å². The van der Waals surface area contributed by atoms with Crippen LogP contribution in [0.15, 0.2) is 60.8 Å². The van der Waals surface area contributed by atoms with Crippen LogP contribution in [-0.2, 0) is 28.6 Å². The van der Waals surface area contributed by atoms with Gasteiger partial charge in [0.25, 0.3) is 0 Å². The summed E-state index contributed by atoms with van der Waals surface area (Å²) in [6.45, 7) is 6.62. The number of rotatable bonds is 62. The van der Waals surface area contributed by atoms with Crippen LogP contribution >= 0.6 is 0 Å². The maximum absolute atomic E-state index is 12.9. The summed E-state index contributed by atoms with van der Waals surface area (Å²) in [5.74, 6) is -0.878. The van der Waals surface area contributed by atoms with Gasteiger partial charge in [-0.1, -0.05) is 287 Å². The van der Waals surface area contributed by atoms with Gasteiger partial charge in [0.05, 0.1) is 0 Å². The summed E-state index contributed by atoms with van der Waals surface area (Å²) >= 11 is 0. The van der Waals surface area contributed by atoms with Crippen LogP contribution < -0.4 is 0 Å². The molecule has 6 heteroatoms. The summed E-state index contributed by atoms with van der Waals surface area (Å²) in [5, 5.41) is 0. The van der Waals surface area contributed by atoms with E-state index in [0.717, 1.165) is 89.9 Å². The molecule has 0 saturated heterocycles. The van der Waals surface area contributed by atoms with Gasteiger partial charge in [-0.25, -0.2) is 0 Å². The number of allylic oxidation sites excluding steroid dienone is 10. The molecule has 0 aliphatic heterocycles. The summed E-state index contributed by atoms with van der Waals surface area (Å²) in [5.41, 5.74) is 0. The molecule has 0 aliphatic rings. The molecule has 0 bridgehead atoms. The number of esters is 3. The van der Waals surface area contributed by atoms with Crippen molar-refractivity contribution < 1.29 is 28.6 Å². The third kappa shape index (κ3) is 63.8. The van der Waals surface area contributed by atoms with Gasteiger partial charge in [-0.15, -0.1) is 0 Å². The van der Waals surface area contributed by atoms with Gasteiger partial charge in [0.1, 0.15) is 13.2 Å². The summed E-state index contributed by atoms with van der Waals surface area (Å²) in [6.07, 6.45) is 84.0. The van der Waals surface area contributed by atoms with Crippen LogP contribution in [0, 0.1) is 0 Å². The van der Waals surface area contributed by atoms with Gasteiger partial charge in [-0.3, -0.25) is 14.4 Å². The van der Waals surface area contributed by atoms with Crippen LogP contribution in [0.3, 0.4) is 0 Å². The van der Waals surface area contributed by atoms with Gasteiger partial charge in [0.15, 0.2) is 6.10 Å². The zero-order valence-corrected chi connectivity index (χ0v) is 51.5. The van der Waals surface area contributed by atoms with Crippen molar-refractivity contribution >= 4 is 17.9 Å². The third-order valence-corrected chi connectivity index (χ3v) is 15.0. The Morgan fingerprint density at radius 3 is 0.753 bits per heavy atom. The monoisotopic (exact) mass is 1080 g/mol. The maximum Gasteiger partial charge on any atom is 0.306 e. The van der Waals surface area contributed by atoms with Crippen LogP contribution in [0.25, 0.3) is 0 Å². The van der Waals surface area contributed by atoms with Gasteiger partial charge in [-0.2, -0.15) is 0 Å². The summed E-state index contributed by atoms with van der Waals surface area (Å²) < 4.78 is 16.9. The van der Waals surface area contributed by atoms with Gasteiger partial charge >= 0.3 is 17.9 Å². The highest BCUT2D eigenvalue weighted by Crippen LogP contribution is 2.17. The second-order valence-electron chi connectivity index (χ2n) is 22.7. The van der Waals surface area contributed by atoms with Crippen molar-refractivity contribution in [3.63, 3.8) is 0 Å². The first-order valence-electron chi connectivity index (χ1n) is 33.8. The minimum Gasteiger partial charge on any atom is -0.462 e. The molecule has 0 aromatic heterocycles. The molecule has 0 rings (SSSR count). The molecule has 77 heavy (non-hydrogen) atoms. The Balaban J connectivity index is 4.10. The Bertz CT molecular complexity index is 1380. The zero-order valence-electron chi connectivity index (χ0n) is 51.5. The fourth-order valence-corrected chi connectivity index (χ4v) is 9.85. The molecule has 0 amide bonds. The Morgan fingerprint density at radius 1 is 0.260 bits per heavy atom. The molecule has 0 N–H and O–H groups in total. The van der Waals surface area contributed by atoms with E-state index in [1.807, 2.05) is 0 Å². The molecule has 0 fully saturated rings. The van der Waals surface area contributed by atoms with E-state index in [4.69, 9.17) is 14.2 Å². The molecular weight excluding hydrogens is 949 g/mol. The molecule has 0 aliphatic carbocycles. The SMILES string of the molecule is CCCCCC/C=C\CCCCCCCC(=O)OCC(COC(=O)CCCCCCCCCCCCCCCCCCCC/C=C\C/C=C\C/C=C\CCCCCCC)OC(=O)CCCCCCC/C=C\CCCCCC. The number of ether oxygens (including phenoxy) is 3. The molecule has 1 atom stereocenters. The largest absolute Gasteiger partial charge is 0.462 e. The van der Waals surface area contributed by atoms with Crippen molar-refractivity contribution in [2.75, 3.05) is 13.2 Å². The van der Waals surface area contributed by atoms with E-state index in [-0.39, 0.29) is 31.1 Å². The number of hydrogen-bond donors (Lipinski definition) is 0. The third-order valence-electron chi connectivity index (χ3n) is 15.0. The van der Waals surface area contributed by atoms with Gasteiger partial charge in [0.2, 0.25) is 0 Å². The quantitative estimate of drug-likeness (QED) is 0.0261. The molecular formula is C71H128O6. The van der Waals surface area contributed by atoms with Crippen LogP contribution in [0.5, 0.6) is 0 Å². The van der Waals surface area contributed by atoms with Crippen LogP contribution in [0.1, 0.15) is 355 Å². The van der Waals surface area contributed by atoms with Crippen molar-refractivity contribution in [2.24, 2.45) is 0 Å². The van der Waals surface area contributed by atoms with Gasteiger partial charge < -0.3 is 14.2 Å². The summed E-state index contributed by atoms with van der Waals surface area (Å²) in [6, 6.07) is 0. The van der Waals surface area contributed by atoms with Crippen molar-refractivity contribution in [2.45, 2.75) is 361 Å². The second-order valence-corrected chi connectivity index (χ2v) is 22.7. The lowest BCUT2D eigenvalue weighted by Gasteiger charge is -2.18. The lowest BCUT2D eigenvalue weighted by Crippen LogP contribution is -2.30. The highest BCUT2D eigenvalue weighted by Gasteiger charge is 2.19. The average Bonchev–Trinajstić information content (AvgIpc) is 3.43. The van der Waals surface area contributed by atoms with Gasteiger partial charge in [-0.05, 0) is 109 Å². The Morgan fingerprint density at radius 2 is 0.468 bits per heavy atom. The Kier molecular flexibility index (Phi) is 63.2. The fraction of sp³-hybridized carbons (Fsp3) is 0.817. The topological polar surface area (TPSA) is 78.9 Å². The molecule has 448 valence electrons. The predicted molar refractivity (Wildman–Crippen MR) is 335 cm³/mol. The molecule has 1 unspecified atom stereocenters. The number of carbonyl (C=O) groups excluding carboxylic acids is 3. The first kappa shape index (κ1) is 74.1. The zero-order chi connectivity index (χ0) is 55.7. The van der Waals surface area contributed by atoms with Crippen LogP contribution in [0.4, 0.5) is 0 Å². The second kappa shape index (κ2) is 65.6. The highest BCUT2D eigenvalue weighted by molar-refractivity contribution is 5.71. The van der Waals surface area contributed by atoms with Crippen molar-refractivity contribution in [1.29, 1.82) is 0 Å². The lowest BCUT2D eigenvalue weighted by molar-refractivity contribution is -0.167. The molecule has 0 radical (unpaired) electrons. The first-order valence-corrected chi connectivity index (χ1v) is 33.8. The number of hydrogen-bond acceptors (Lipinski definition) is 6. The Labute approximate surface area is 479 Å². The normalized spacial score (nSPS) is 12.4. The fourth-order valence-electron chi connectivity index (χ4n) is 9.85. The van der Waals surface area contributed by atoms with Crippen LogP contribution in [0.2, 0.25) is 0 Å². The molecule has 0 aromatic rings. The number of carbonyl (C=O) groups is 3. The number of unbranched alkanes of at least 4 members (excludes halogenated alkanes) is 41. The van der Waals surface area contributed by atoms with Crippen LogP contribution in [-0.4, -0.2) is 37.2 Å². The predicted octanol–water partition coefficient (Wildman–Crippen LogP) is 23.1. The van der Waals surface area contributed by atoms with E-state index in [0.29, 0.717) is 19.3 Å². The minimum atomic E-state index is -0.780. The smallest absolute Gasteiger partial charge is 0.306 e. The van der Waals surface area contributed by atoms with Crippen molar-refractivity contribution in [3.8, 4) is 0 Å². The van der Waals surface area contributed by atoms with E-state index in [2.05, 4.69) is 81.5 Å². The first-order chi connectivity index (χ1) is 38.0. The summed E-state index contributed by atoms with van der Waals surface area (Å²) in [7, 11) is 0. The standard InChI is InChI=1S/C71H128O6/c1-4-7-10-13-16-19-22-25-26-27-28-29-30-31-32-33-34-35-36-37-38-39-40-41-42-43-44-47-49-52-55-58-61-64-70(73)76-67-68(77-71(74)65-62-59-56-53-50-46-24-21-18-15-12-9-6-3)66-75-69(72)63-60-57-54-51-48-45-23-20-17-14-11-8-5-2/h20-25,27-28,30-31,68H,4-19,26,29,32-67H2,1-3H3/b23-20-,24-21-,25-22-,28-27-,31-30-. The maximum atomic E-state index is 12.9. The molecule has 0 spiro atoms. The van der Waals surface area contributed by atoms with E-state index in [1.54, 1.807) is 0 Å². The molecule has 6 nitrogen and oxygen atoms in total. The molecule has 0 aromatic carbocycles. The van der Waals surface area contributed by atoms with E-state index < -0.39 is 6.10 Å². The Hall–Kier alpha value is -2.89. The van der Waals surface area contributed by atoms with Gasteiger partial charge in [0, 0.05) is 19.3 Å². The van der Waals surface area contributed by atoms with E-state index >= 15 is 0 Å². The van der Waals surface area contributed by atoms with E-state index in [1.165, 1.54) is 225 Å².